The lowest BCUT2D eigenvalue weighted by Crippen LogP contribution is -2.17. The van der Waals surface area contributed by atoms with Gasteiger partial charge in [0, 0.05) is 13.2 Å². The van der Waals surface area contributed by atoms with Crippen LogP contribution >= 0.6 is 0 Å². The van der Waals surface area contributed by atoms with E-state index in [1.807, 2.05) is 13.8 Å². The Morgan fingerprint density at radius 3 is 2.36 bits per heavy atom. The van der Waals surface area contributed by atoms with Crippen LogP contribution in [0.3, 0.4) is 0 Å². The molecule has 0 rings (SSSR count). The van der Waals surface area contributed by atoms with Gasteiger partial charge in [0.25, 0.3) is 0 Å². The zero-order chi connectivity index (χ0) is 8.69. The summed E-state index contributed by atoms with van der Waals surface area (Å²) in [6, 6.07) is 0. The van der Waals surface area contributed by atoms with E-state index in [-0.39, 0.29) is 6.10 Å². The Balaban J connectivity index is 3.36. The molecule has 0 aromatic heterocycles. The summed E-state index contributed by atoms with van der Waals surface area (Å²) >= 11 is 0. The maximum absolute atomic E-state index is 9.26. The molecule has 1 N–H and O–H groups in total. The molecule has 2 atom stereocenters. The molecular weight excluding hydrogens is 140 g/mol. The van der Waals surface area contributed by atoms with Crippen LogP contribution in [-0.4, -0.2) is 24.4 Å². The lowest BCUT2D eigenvalue weighted by Gasteiger charge is -2.17. The van der Waals surface area contributed by atoms with Crippen LogP contribution in [0.5, 0.6) is 0 Å². The van der Waals surface area contributed by atoms with E-state index in [2.05, 4.69) is 6.92 Å². The molecule has 0 aromatic rings. The first kappa shape index (κ1) is 10.9. The van der Waals surface area contributed by atoms with Gasteiger partial charge in [-0.15, -0.1) is 0 Å². The zero-order valence-corrected chi connectivity index (χ0v) is 7.84. The van der Waals surface area contributed by atoms with Crippen LogP contribution in [0.1, 0.15) is 33.6 Å². The van der Waals surface area contributed by atoms with Crippen molar-refractivity contribution in [2.24, 2.45) is 5.92 Å². The van der Waals surface area contributed by atoms with E-state index in [0.29, 0.717) is 5.92 Å². The molecule has 0 spiro atoms. The fraction of sp³-hybridized carbons (Fsp3) is 1.00. The van der Waals surface area contributed by atoms with Crippen LogP contribution in [0.2, 0.25) is 0 Å². The van der Waals surface area contributed by atoms with Gasteiger partial charge in [-0.2, -0.15) is 0 Å². The highest BCUT2D eigenvalue weighted by atomic mass is 16.5. The maximum atomic E-state index is 9.26. The Morgan fingerprint density at radius 1 is 1.36 bits per heavy atom. The Hall–Kier alpha value is -0.0800. The van der Waals surface area contributed by atoms with Crippen LogP contribution in [0.4, 0.5) is 0 Å². The molecule has 0 amide bonds. The van der Waals surface area contributed by atoms with Crippen molar-refractivity contribution in [2.75, 3.05) is 13.2 Å². The van der Waals surface area contributed by atoms with E-state index >= 15 is 0 Å². The highest BCUT2D eigenvalue weighted by Gasteiger charge is 2.11. The molecule has 2 nitrogen and oxygen atoms in total. The van der Waals surface area contributed by atoms with Crippen molar-refractivity contribution in [1.82, 2.24) is 0 Å². The van der Waals surface area contributed by atoms with Gasteiger partial charge in [-0.25, -0.2) is 0 Å². The van der Waals surface area contributed by atoms with E-state index < -0.39 is 0 Å². The van der Waals surface area contributed by atoms with E-state index in [0.717, 1.165) is 26.1 Å². The number of aliphatic hydroxyl groups is 1. The number of hydrogen-bond donors (Lipinski definition) is 1. The van der Waals surface area contributed by atoms with Gasteiger partial charge in [0.1, 0.15) is 0 Å². The average molecular weight is 160 g/mol. The van der Waals surface area contributed by atoms with Crippen molar-refractivity contribution in [3.8, 4) is 0 Å². The smallest absolute Gasteiger partial charge is 0.0541 e. The van der Waals surface area contributed by atoms with E-state index in [9.17, 15) is 5.11 Å². The summed E-state index contributed by atoms with van der Waals surface area (Å²) in [6.07, 6.45) is 1.81. The van der Waals surface area contributed by atoms with Gasteiger partial charge in [0.15, 0.2) is 0 Å². The standard InChI is InChI=1S/C9H20O2/c1-4-9(8(3)10)6-7-11-5-2/h8-10H,4-7H2,1-3H3. The van der Waals surface area contributed by atoms with Gasteiger partial charge in [0.05, 0.1) is 6.10 Å². The van der Waals surface area contributed by atoms with Crippen LogP contribution in [0.25, 0.3) is 0 Å². The third kappa shape index (κ3) is 5.22. The fourth-order valence-corrected chi connectivity index (χ4v) is 1.17. The highest BCUT2D eigenvalue weighted by molar-refractivity contribution is 4.62. The number of ether oxygens (including phenoxy) is 1. The van der Waals surface area contributed by atoms with Crippen molar-refractivity contribution in [3.05, 3.63) is 0 Å². The summed E-state index contributed by atoms with van der Waals surface area (Å²) in [5, 5.41) is 9.26. The molecule has 0 aliphatic rings. The first-order chi connectivity index (χ1) is 5.22. The Morgan fingerprint density at radius 2 is 2.00 bits per heavy atom. The summed E-state index contributed by atoms with van der Waals surface area (Å²) in [5.74, 6) is 0.404. The maximum Gasteiger partial charge on any atom is 0.0541 e. The quantitative estimate of drug-likeness (QED) is 0.600. The normalized spacial score (nSPS) is 16.4. The first-order valence-corrected chi connectivity index (χ1v) is 4.48. The molecule has 0 fully saturated rings. The SMILES string of the molecule is CCOCCC(CC)C(C)O. The van der Waals surface area contributed by atoms with Crippen molar-refractivity contribution in [1.29, 1.82) is 0 Å². The lowest BCUT2D eigenvalue weighted by atomic mass is 9.97. The monoisotopic (exact) mass is 160 g/mol. The molecule has 11 heavy (non-hydrogen) atoms. The predicted molar refractivity (Wildman–Crippen MR) is 46.6 cm³/mol. The highest BCUT2D eigenvalue weighted by Crippen LogP contribution is 2.12. The lowest BCUT2D eigenvalue weighted by molar-refractivity contribution is 0.0775. The second-order valence-corrected chi connectivity index (χ2v) is 2.89. The van der Waals surface area contributed by atoms with Crippen LogP contribution in [-0.2, 0) is 4.74 Å². The molecule has 0 radical (unpaired) electrons. The number of hydrogen-bond acceptors (Lipinski definition) is 2. The average Bonchev–Trinajstić information content (AvgIpc) is 1.97. The molecule has 0 heterocycles. The molecule has 0 saturated heterocycles. The minimum atomic E-state index is -0.194. The Labute approximate surface area is 69.6 Å². The molecule has 0 aliphatic heterocycles. The van der Waals surface area contributed by atoms with Crippen molar-refractivity contribution < 1.29 is 9.84 Å². The van der Waals surface area contributed by atoms with E-state index in [4.69, 9.17) is 4.74 Å². The zero-order valence-electron chi connectivity index (χ0n) is 7.84. The molecule has 0 bridgehead atoms. The first-order valence-electron chi connectivity index (χ1n) is 4.48. The van der Waals surface area contributed by atoms with Crippen LogP contribution in [0.15, 0.2) is 0 Å². The summed E-state index contributed by atoms with van der Waals surface area (Å²) in [7, 11) is 0. The second kappa shape index (κ2) is 6.62. The molecule has 0 aliphatic carbocycles. The van der Waals surface area contributed by atoms with Gasteiger partial charge >= 0.3 is 0 Å². The number of aliphatic hydroxyl groups excluding tert-OH is 1. The van der Waals surface area contributed by atoms with Gasteiger partial charge in [-0.1, -0.05) is 13.3 Å². The van der Waals surface area contributed by atoms with Gasteiger partial charge in [-0.3, -0.25) is 0 Å². The topological polar surface area (TPSA) is 29.5 Å². The molecule has 0 aromatic carbocycles. The summed E-state index contributed by atoms with van der Waals surface area (Å²) in [4.78, 5) is 0. The van der Waals surface area contributed by atoms with Crippen molar-refractivity contribution >= 4 is 0 Å². The summed E-state index contributed by atoms with van der Waals surface area (Å²) < 4.78 is 5.20. The van der Waals surface area contributed by atoms with Crippen LogP contribution < -0.4 is 0 Å². The molecule has 68 valence electrons. The summed E-state index contributed by atoms with van der Waals surface area (Å²) in [6.45, 7) is 7.49. The minimum absolute atomic E-state index is 0.194. The molecular formula is C9H20O2. The Kier molecular flexibility index (Phi) is 6.57. The van der Waals surface area contributed by atoms with Gasteiger partial charge in [0.2, 0.25) is 0 Å². The fourth-order valence-electron chi connectivity index (χ4n) is 1.17. The largest absolute Gasteiger partial charge is 0.393 e. The third-order valence-electron chi connectivity index (χ3n) is 2.04. The van der Waals surface area contributed by atoms with Crippen LogP contribution in [0, 0.1) is 5.92 Å². The predicted octanol–water partition coefficient (Wildman–Crippen LogP) is 1.82. The Bertz CT molecular complexity index is 81.6. The van der Waals surface area contributed by atoms with Crippen molar-refractivity contribution in [2.45, 2.75) is 39.7 Å². The molecule has 0 saturated carbocycles. The van der Waals surface area contributed by atoms with Gasteiger partial charge in [-0.05, 0) is 26.2 Å². The molecule has 2 heteroatoms. The minimum Gasteiger partial charge on any atom is -0.393 e. The third-order valence-corrected chi connectivity index (χ3v) is 2.04. The van der Waals surface area contributed by atoms with Gasteiger partial charge < -0.3 is 9.84 Å². The van der Waals surface area contributed by atoms with Crippen molar-refractivity contribution in [3.63, 3.8) is 0 Å². The van der Waals surface area contributed by atoms with E-state index in [1.165, 1.54) is 0 Å². The second-order valence-electron chi connectivity index (χ2n) is 2.89. The molecule has 2 unspecified atom stereocenters. The number of rotatable bonds is 6. The summed E-state index contributed by atoms with van der Waals surface area (Å²) in [5.41, 5.74) is 0. The van der Waals surface area contributed by atoms with E-state index in [1.54, 1.807) is 0 Å².